The van der Waals surface area contributed by atoms with Crippen molar-refractivity contribution < 1.29 is 0 Å². The van der Waals surface area contributed by atoms with Crippen LogP contribution in [0.4, 0.5) is 0 Å². The highest BCUT2D eigenvalue weighted by Gasteiger charge is 2.11. The summed E-state index contributed by atoms with van der Waals surface area (Å²) in [7, 11) is 0. The third-order valence-electron chi connectivity index (χ3n) is 3.12. The number of halogens is 1. The Balaban J connectivity index is 2.05. The standard InChI is InChI=1S/C16H22BrN3/c1-12-14(9-18-16(2,3)4)11-20(19-12)10-13-5-7-15(17)8-6-13/h5-8,11,18H,9-10H2,1-4H3. The fourth-order valence-electron chi connectivity index (χ4n) is 1.95. The van der Waals surface area contributed by atoms with Gasteiger partial charge in [0.05, 0.1) is 12.2 Å². The lowest BCUT2D eigenvalue weighted by atomic mass is 10.1. The van der Waals surface area contributed by atoms with Crippen molar-refractivity contribution in [3.05, 3.63) is 51.8 Å². The van der Waals surface area contributed by atoms with E-state index in [-0.39, 0.29) is 5.54 Å². The van der Waals surface area contributed by atoms with Crippen molar-refractivity contribution in [2.24, 2.45) is 0 Å². The van der Waals surface area contributed by atoms with Crippen LogP contribution < -0.4 is 5.32 Å². The molecule has 0 atom stereocenters. The van der Waals surface area contributed by atoms with Gasteiger partial charge in [0, 0.05) is 28.3 Å². The molecule has 0 bridgehead atoms. The molecular weight excluding hydrogens is 314 g/mol. The van der Waals surface area contributed by atoms with Crippen LogP contribution in [0.25, 0.3) is 0 Å². The van der Waals surface area contributed by atoms with E-state index in [1.165, 1.54) is 11.1 Å². The molecule has 0 radical (unpaired) electrons. The third kappa shape index (κ3) is 4.46. The average Bonchev–Trinajstić information content (AvgIpc) is 2.69. The molecule has 1 aromatic heterocycles. The van der Waals surface area contributed by atoms with Gasteiger partial charge in [0.25, 0.3) is 0 Å². The Morgan fingerprint density at radius 3 is 2.45 bits per heavy atom. The summed E-state index contributed by atoms with van der Waals surface area (Å²) >= 11 is 3.45. The summed E-state index contributed by atoms with van der Waals surface area (Å²) in [6.45, 7) is 10.3. The first-order valence-corrected chi connectivity index (χ1v) is 7.65. The van der Waals surface area contributed by atoms with Crippen LogP contribution in [0.15, 0.2) is 34.9 Å². The molecule has 2 aromatic rings. The molecular formula is C16H22BrN3. The van der Waals surface area contributed by atoms with Crippen LogP contribution in [0, 0.1) is 6.92 Å². The number of nitrogens with one attached hydrogen (secondary N) is 1. The van der Waals surface area contributed by atoms with Gasteiger partial charge in [-0.15, -0.1) is 0 Å². The number of hydrogen-bond acceptors (Lipinski definition) is 2. The zero-order chi connectivity index (χ0) is 14.8. The summed E-state index contributed by atoms with van der Waals surface area (Å²) in [5.74, 6) is 0. The Hall–Kier alpha value is -1.13. The lowest BCUT2D eigenvalue weighted by molar-refractivity contribution is 0.423. The molecule has 1 aromatic carbocycles. The largest absolute Gasteiger partial charge is 0.308 e. The molecule has 0 amide bonds. The number of benzene rings is 1. The number of nitrogens with zero attached hydrogens (tertiary/aromatic N) is 2. The van der Waals surface area contributed by atoms with Crippen LogP contribution in [0.1, 0.15) is 37.6 Å². The van der Waals surface area contributed by atoms with Crippen molar-refractivity contribution in [2.45, 2.75) is 46.3 Å². The van der Waals surface area contributed by atoms with E-state index in [1.807, 2.05) is 4.68 Å². The van der Waals surface area contributed by atoms with Crippen LogP contribution in [0.3, 0.4) is 0 Å². The first-order valence-electron chi connectivity index (χ1n) is 6.86. The van der Waals surface area contributed by atoms with Crippen LogP contribution >= 0.6 is 15.9 Å². The maximum atomic E-state index is 4.59. The molecule has 0 aliphatic carbocycles. The van der Waals surface area contributed by atoms with E-state index >= 15 is 0 Å². The van der Waals surface area contributed by atoms with Gasteiger partial charge in [0.1, 0.15) is 0 Å². The highest BCUT2D eigenvalue weighted by molar-refractivity contribution is 9.10. The Bertz CT molecular complexity index is 564. The van der Waals surface area contributed by atoms with Crippen LogP contribution in [0.2, 0.25) is 0 Å². The van der Waals surface area contributed by atoms with E-state index < -0.39 is 0 Å². The van der Waals surface area contributed by atoms with Gasteiger partial charge in [0.2, 0.25) is 0 Å². The second-order valence-electron chi connectivity index (χ2n) is 6.17. The third-order valence-corrected chi connectivity index (χ3v) is 3.64. The number of aryl methyl sites for hydroxylation is 1. The Kier molecular flexibility index (Phi) is 4.66. The second-order valence-corrected chi connectivity index (χ2v) is 7.08. The molecule has 20 heavy (non-hydrogen) atoms. The topological polar surface area (TPSA) is 29.9 Å². The van der Waals surface area contributed by atoms with Gasteiger partial charge in [-0.1, -0.05) is 28.1 Å². The van der Waals surface area contributed by atoms with Gasteiger partial charge < -0.3 is 5.32 Å². The summed E-state index contributed by atoms with van der Waals surface area (Å²) in [6, 6.07) is 8.36. The van der Waals surface area contributed by atoms with Crippen molar-refractivity contribution in [1.82, 2.24) is 15.1 Å². The number of hydrogen-bond donors (Lipinski definition) is 1. The van der Waals surface area contributed by atoms with Gasteiger partial charge in [-0.2, -0.15) is 5.10 Å². The lowest BCUT2D eigenvalue weighted by Crippen LogP contribution is -2.35. The molecule has 0 fully saturated rings. The van der Waals surface area contributed by atoms with Gasteiger partial charge in [0.15, 0.2) is 0 Å². The molecule has 0 spiro atoms. The van der Waals surface area contributed by atoms with Crippen molar-refractivity contribution in [3.63, 3.8) is 0 Å². The molecule has 0 saturated heterocycles. The number of rotatable bonds is 4. The highest BCUT2D eigenvalue weighted by atomic mass is 79.9. The summed E-state index contributed by atoms with van der Waals surface area (Å²) < 4.78 is 3.12. The van der Waals surface area contributed by atoms with Gasteiger partial charge in [-0.25, -0.2) is 0 Å². The zero-order valence-electron chi connectivity index (χ0n) is 12.6. The van der Waals surface area contributed by atoms with Crippen molar-refractivity contribution in [1.29, 1.82) is 0 Å². The molecule has 3 nitrogen and oxygen atoms in total. The SMILES string of the molecule is Cc1nn(Cc2ccc(Br)cc2)cc1CNC(C)(C)C. The first-order chi connectivity index (χ1) is 9.33. The highest BCUT2D eigenvalue weighted by Crippen LogP contribution is 2.13. The summed E-state index contributed by atoms with van der Waals surface area (Å²) in [5, 5.41) is 8.10. The molecule has 0 unspecified atom stereocenters. The predicted molar refractivity (Wildman–Crippen MR) is 86.8 cm³/mol. The Morgan fingerprint density at radius 1 is 1.20 bits per heavy atom. The zero-order valence-corrected chi connectivity index (χ0v) is 14.2. The van der Waals surface area contributed by atoms with Gasteiger partial charge >= 0.3 is 0 Å². The van der Waals surface area contributed by atoms with E-state index in [4.69, 9.17) is 0 Å². The summed E-state index contributed by atoms with van der Waals surface area (Å²) in [4.78, 5) is 0. The van der Waals surface area contributed by atoms with Crippen LogP contribution in [-0.2, 0) is 13.1 Å². The monoisotopic (exact) mass is 335 g/mol. The minimum atomic E-state index is 0.125. The fourth-order valence-corrected chi connectivity index (χ4v) is 2.22. The van der Waals surface area contributed by atoms with E-state index in [2.05, 4.69) is 84.5 Å². The van der Waals surface area contributed by atoms with Gasteiger partial charge in [-0.05, 0) is 45.4 Å². The molecule has 0 aliphatic heterocycles. The van der Waals surface area contributed by atoms with E-state index in [0.717, 1.165) is 23.3 Å². The van der Waals surface area contributed by atoms with Crippen LogP contribution in [-0.4, -0.2) is 15.3 Å². The second kappa shape index (κ2) is 6.10. The predicted octanol–water partition coefficient (Wildman–Crippen LogP) is 3.89. The molecule has 1 N–H and O–H groups in total. The lowest BCUT2D eigenvalue weighted by Gasteiger charge is -2.20. The number of aromatic nitrogens is 2. The van der Waals surface area contributed by atoms with E-state index in [9.17, 15) is 0 Å². The molecule has 4 heteroatoms. The quantitative estimate of drug-likeness (QED) is 0.918. The van der Waals surface area contributed by atoms with Crippen molar-refractivity contribution >= 4 is 15.9 Å². The Morgan fingerprint density at radius 2 is 1.85 bits per heavy atom. The minimum Gasteiger partial charge on any atom is -0.308 e. The van der Waals surface area contributed by atoms with Gasteiger partial charge in [-0.3, -0.25) is 4.68 Å². The maximum absolute atomic E-state index is 4.59. The van der Waals surface area contributed by atoms with E-state index in [0.29, 0.717) is 0 Å². The molecule has 0 aliphatic rings. The summed E-state index contributed by atoms with van der Waals surface area (Å²) in [6.07, 6.45) is 2.14. The smallest absolute Gasteiger partial charge is 0.0659 e. The fraction of sp³-hybridized carbons (Fsp3) is 0.438. The maximum Gasteiger partial charge on any atom is 0.0659 e. The molecule has 2 rings (SSSR count). The molecule has 0 saturated carbocycles. The van der Waals surface area contributed by atoms with E-state index in [1.54, 1.807) is 0 Å². The Labute approximate surface area is 129 Å². The van der Waals surface area contributed by atoms with Crippen molar-refractivity contribution in [3.8, 4) is 0 Å². The average molecular weight is 336 g/mol. The first kappa shape index (κ1) is 15.3. The van der Waals surface area contributed by atoms with Crippen molar-refractivity contribution in [2.75, 3.05) is 0 Å². The molecule has 1 heterocycles. The minimum absolute atomic E-state index is 0.125. The van der Waals surface area contributed by atoms with Crippen LogP contribution in [0.5, 0.6) is 0 Å². The normalized spacial score (nSPS) is 11.8. The summed E-state index contributed by atoms with van der Waals surface area (Å²) in [5.41, 5.74) is 3.74. The molecule has 108 valence electrons.